The summed E-state index contributed by atoms with van der Waals surface area (Å²) in [4.78, 5) is 38.9. The molecule has 4 aliphatic rings. The maximum Gasteiger partial charge on any atom is 0.323 e. The first kappa shape index (κ1) is 21.6. The Balaban J connectivity index is 1.74. The molecule has 0 aromatic rings. The zero-order valence-electron chi connectivity index (χ0n) is 19.1. The van der Waals surface area contributed by atoms with Crippen LogP contribution in [0.5, 0.6) is 0 Å². The molecule has 1 aliphatic heterocycles. The van der Waals surface area contributed by atoms with Crippen molar-refractivity contribution in [3.8, 4) is 0 Å². The predicted molar refractivity (Wildman–Crippen MR) is 106 cm³/mol. The van der Waals surface area contributed by atoms with Gasteiger partial charge < -0.3 is 18.9 Å². The summed E-state index contributed by atoms with van der Waals surface area (Å²) >= 11 is 0. The Labute approximate surface area is 178 Å². The van der Waals surface area contributed by atoms with E-state index in [1.165, 1.54) is 14.2 Å². The molecule has 1 saturated heterocycles. The van der Waals surface area contributed by atoms with E-state index in [4.69, 9.17) is 18.9 Å². The van der Waals surface area contributed by atoms with Gasteiger partial charge in [0, 0.05) is 17.3 Å². The van der Waals surface area contributed by atoms with E-state index in [2.05, 4.69) is 6.92 Å². The molecule has 4 fully saturated rings. The van der Waals surface area contributed by atoms with Gasteiger partial charge in [0.25, 0.3) is 0 Å². The van der Waals surface area contributed by atoms with Crippen LogP contribution in [-0.2, 0) is 33.3 Å². The highest BCUT2D eigenvalue weighted by Crippen LogP contribution is 2.87. The Morgan fingerprint density at radius 3 is 2.10 bits per heavy atom. The van der Waals surface area contributed by atoms with Crippen molar-refractivity contribution in [1.29, 1.82) is 0 Å². The molecule has 4 rings (SSSR count). The molecule has 0 bridgehead atoms. The van der Waals surface area contributed by atoms with E-state index >= 15 is 0 Å². The van der Waals surface area contributed by atoms with Crippen LogP contribution in [0.2, 0.25) is 0 Å². The van der Waals surface area contributed by atoms with E-state index in [0.29, 0.717) is 19.3 Å². The monoisotopic (exact) mass is 422 g/mol. The summed E-state index contributed by atoms with van der Waals surface area (Å²) in [6.07, 6.45) is 2.81. The zero-order chi connectivity index (χ0) is 22.3. The third kappa shape index (κ3) is 2.22. The Morgan fingerprint density at radius 1 is 0.967 bits per heavy atom. The van der Waals surface area contributed by atoms with E-state index in [9.17, 15) is 14.4 Å². The van der Waals surface area contributed by atoms with Crippen LogP contribution < -0.4 is 0 Å². The molecule has 0 N–H and O–H groups in total. The second kappa shape index (κ2) is 6.21. The first-order valence-electron chi connectivity index (χ1n) is 10.9. The van der Waals surface area contributed by atoms with E-state index in [0.717, 1.165) is 12.8 Å². The normalized spacial score (nSPS) is 42.7. The molecule has 1 heterocycles. The Morgan fingerprint density at radius 2 is 1.57 bits per heavy atom. The molecule has 0 aromatic heterocycles. The van der Waals surface area contributed by atoms with E-state index in [1.54, 1.807) is 0 Å². The minimum absolute atomic E-state index is 0.0774. The zero-order valence-corrected chi connectivity index (χ0v) is 19.1. The maximum atomic E-state index is 13.1. The molecular weight excluding hydrogens is 388 g/mol. The number of hydrogen-bond donors (Lipinski definition) is 0. The number of hydrogen-bond acceptors (Lipinski definition) is 7. The van der Waals surface area contributed by atoms with Crippen LogP contribution in [-0.4, -0.2) is 49.9 Å². The van der Waals surface area contributed by atoms with Crippen molar-refractivity contribution in [1.82, 2.24) is 0 Å². The van der Waals surface area contributed by atoms with Crippen molar-refractivity contribution in [3.05, 3.63) is 0 Å². The van der Waals surface area contributed by atoms with Crippen molar-refractivity contribution in [2.45, 2.75) is 84.5 Å². The lowest BCUT2D eigenvalue weighted by atomic mass is 9.52. The maximum absolute atomic E-state index is 13.1. The van der Waals surface area contributed by atoms with Crippen LogP contribution >= 0.6 is 0 Å². The summed E-state index contributed by atoms with van der Waals surface area (Å²) in [5, 5.41) is 0. The highest BCUT2D eigenvalue weighted by atomic mass is 16.6. The number of epoxide rings is 1. The lowest BCUT2D eigenvalue weighted by Gasteiger charge is -2.51. The molecule has 6 atom stereocenters. The van der Waals surface area contributed by atoms with Crippen LogP contribution in [0, 0.1) is 27.6 Å². The van der Waals surface area contributed by atoms with Gasteiger partial charge in [-0.15, -0.1) is 0 Å². The molecule has 1 spiro atoms. The van der Waals surface area contributed by atoms with Crippen LogP contribution in [0.4, 0.5) is 0 Å². The summed E-state index contributed by atoms with van der Waals surface area (Å²) in [6, 6.07) is 0. The fourth-order valence-corrected chi connectivity index (χ4v) is 7.91. The lowest BCUT2D eigenvalue weighted by molar-refractivity contribution is -0.188. The van der Waals surface area contributed by atoms with Crippen molar-refractivity contribution < 1.29 is 33.3 Å². The quantitative estimate of drug-likeness (QED) is 0.298. The molecule has 0 radical (unpaired) electrons. The van der Waals surface area contributed by atoms with E-state index < -0.39 is 28.4 Å². The first-order valence-corrected chi connectivity index (χ1v) is 10.9. The van der Waals surface area contributed by atoms with Gasteiger partial charge in [-0.2, -0.15) is 0 Å². The van der Waals surface area contributed by atoms with Gasteiger partial charge in [0.1, 0.15) is 5.60 Å². The number of rotatable bonds is 4. The number of methoxy groups -OCH3 is 2. The molecule has 0 amide bonds. The summed E-state index contributed by atoms with van der Waals surface area (Å²) in [5.41, 5.74) is -3.25. The number of carbonyl (C=O) groups is 3. The van der Waals surface area contributed by atoms with Crippen molar-refractivity contribution in [2.75, 3.05) is 14.2 Å². The number of esters is 3. The Hall–Kier alpha value is -1.63. The van der Waals surface area contributed by atoms with Crippen molar-refractivity contribution in [2.24, 2.45) is 27.6 Å². The highest BCUT2D eigenvalue weighted by Gasteiger charge is 2.91. The molecule has 3 saturated carbocycles. The molecule has 30 heavy (non-hydrogen) atoms. The third-order valence-corrected chi connectivity index (χ3v) is 9.16. The summed E-state index contributed by atoms with van der Waals surface area (Å²) in [5.74, 6) is -1.21. The topological polar surface area (TPSA) is 91.4 Å². The summed E-state index contributed by atoms with van der Waals surface area (Å²) < 4.78 is 22.1. The van der Waals surface area contributed by atoms with Gasteiger partial charge in [-0.1, -0.05) is 13.8 Å². The predicted octanol–water partition coefficient (Wildman–Crippen LogP) is 3.03. The smallest absolute Gasteiger partial charge is 0.323 e. The van der Waals surface area contributed by atoms with Crippen molar-refractivity contribution in [3.63, 3.8) is 0 Å². The van der Waals surface area contributed by atoms with Gasteiger partial charge in [0.2, 0.25) is 0 Å². The second-order valence-electron chi connectivity index (χ2n) is 11.0. The lowest BCUT2D eigenvalue weighted by Crippen LogP contribution is -2.57. The third-order valence-electron chi connectivity index (χ3n) is 9.16. The average Bonchev–Trinajstić information content (AvgIpc) is 3.32. The average molecular weight is 423 g/mol. The standard InChI is InChI=1S/C23H34O7/c1-19(2,3)30-14(24)12-13-8-9-22-10-11-23(17(25)27-6,18(26)28-7)21(22,5)16-15(29-16)20(13,22)4/h13,15-16H,8-12H2,1-7H3/t13-,15+,16-,20-,21-,22?/m0/s1. The van der Waals surface area contributed by atoms with Gasteiger partial charge in [-0.3, -0.25) is 14.4 Å². The fraction of sp³-hybridized carbons (Fsp3) is 0.870. The largest absolute Gasteiger partial charge is 0.468 e. The van der Waals surface area contributed by atoms with Gasteiger partial charge in [-0.25, -0.2) is 0 Å². The van der Waals surface area contributed by atoms with Crippen LogP contribution in [0.15, 0.2) is 0 Å². The number of ether oxygens (including phenoxy) is 4. The first-order chi connectivity index (χ1) is 13.9. The SMILES string of the molecule is COC(=O)C1(C(=O)OC)CCC23CC[C@@H](CC(=O)OC(C)(C)C)[C@@]2(C)[C@@H]2O[C@@H]2[C@]13C. The van der Waals surface area contributed by atoms with Gasteiger partial charge in [-0.05, 0) is 57.8 Å². The summed E-state index contributed by atoms with van der Waals surface area (Å²) in [7, 11) is 2.64. The molecule has 168 valence electrons. The molecule has 0 aromatic carbocycles. The molecule has 7 heteroatoms. The van der Waals surface area contributed by atoms with E-state index in [-0.39, 0.29) is 34.9 Å². The minimum Gasteiger partial charge on any atom is -0.468 e. The summed E-state index contributed by atoms with van der Waals surface area (Å²) in [6.45, 7) is 9.81. The Bertz CT molecular complexity index is 782. The van der Waals surface area contributed by atoms with E-state index in [1.807, 2.05) is 27.7 Å². The Kier molecular flexibility index (Phi) is 4.47. The van der Waals surface area contributed by atoms with Crippen LogP contribution in [0.1, 0.15) is 66.7 Å². The fourth-order valence-electron chi connectivity index (χ4n) is 7.91. The molecule has 7 nitrogen and oxygen atoms in total. The van der Waals surface area contributed by atoms with Crippen LogP contribution in [0.3, 0.4) is 0 Å². The van der Waals surface area contributed by atoms with Gasteiger partial charge in [0.15, 0.2) is 5.41 Å². The van der Waals surface area contributed by atoms with Gasteiger partial charge >= 0.3 is 17.9 Å². The molecule has 1 unspecified atom stereocenters. The second-order valence-corrected chi connectivity index (χ2v) is 11.0. The van der Waals surface area contributed by atoms with Crippen molar-refractivity contribution >= 4 is 17.9 Å². The molecular formula is C23H34O7. The minimum atomic E-state index is -1.38. The molecule has 3 aliphatic carbocycles. The van der Waals surface area contributed by atoms with Crippen LogP contribution in [0.25, 0.3) is 0 Å². The van der Waals surface area contributed by atoms with Gasteiger partial charge in [0.05, 0.1) is 26.4 Å². The number of fused-ring (bicyclic) bond motifs is 3. The highest BCUT2D eigenvalue weighted by molar-refractivity contribution is 6.02. The number of carbonyl (C=O) groups excluding carboxylic acids is 3.